The van der Waals surface area contributed by atoms with Crippen molar-refractivity contribution in [2.75, 3.05) is 0 Å². The molecule has 4 nitrogen and oxygen atoms in total. The van der Waals surface area contributed by atoms with Crippen molar-refractivity contribution in [2.45, 2.75) is 19.2 Å². The maximum absolute atomic E-state index is 12.3. The van der Waals surface area contributed by atoms with Gasteiger partial charge in [-0.25, -0.2) is 4.79 Å². The van der Waals surface area contributed by atoms with Gasteiger partial charge in [0.1, 0.15) is 0 Å². The number of halogens is 3. The zero-order valence-electron chi connectivity index (χ0n) is 10.5. The van der Waals surface area contributed by atoms with Crippen LogP contribution in [0.3, 0.4) is 0 Å². The van der Waals surface area contributed by atoms with Gasteiger partial charge in [-0.1, -0.05) is 12.1 Å². The van der Waals surface area contributed by atoms with E-state index in [1.54, 1.807) is 0 Å². The molecular formula is C13H12F3NO3. The predicted octanol–water partition coefficient (Wildman–Crippen LogP) is 2.14. The molecule has 0 aliphatic heterocycles. The second kappa shape index (κ2) is 6.23. The Bertz CT molecular complexity index is 521. The Hall–Kier alpha value is -2.31. The first-order valence-corrected chi connectivity index (χ1v) is 5.55. The number of alkyl halides is 3. The number of hydrogen-bond donors (Lipinski definition) is 1. The van der Waals surface area contributed by atoms with Crippen LogP contribution < -0.4 is 5.73 Å². The van der Waals surface area contributed by atoms with Gasteiger partial charge in [-0.2, -0.15) is 13.2 Å². The SMILES string of the molecule is C[C@H](OC(=O)/C=C/c1ccc(C(F)(F)F)cc1)C(N)=O. The highest BCUT2D eigenvalue weighted by molar-refractivity contribution is 5.89. The Morgan fingerprint density at radius 3 is 2.25 bits per heavy atom. The lowest BCUT2D eigenvalue weighted by Gasteiger charge is -2.07. The van der Waals surface area contributed by atoms with Crippen molar-refractivity contribution in [2.24, 2.45) is 5.73 Å². The molecule has 0 spiro atoms. The molecule has 0 saturated carbocycles. The van der Waals surface area contributed by atoms with E-state index < -0.39 is 29.7 Å². The smallest absolute Gasteiger partial charge is 0.416 e. The third-order valence-corrected chi connectivity index (χ3v) is 2.34. The van der Waals surface area contributed by atoms with E-state index in [2.05, 4.69) is 4.74 Å². The minimum atomic E-state index is -4.40. The van der Waals surface area contributed by atoms with Crippen LogP contribution in [0.15, 0.2) is 30.3 Å². The minimum Gasteiger partial charge on any atom is -0.449 e. The van der Waals surface area contributed by atoms with E-state index in [1.807, 2.05) is 0 Å². The molecule has 108 valence electrons. The number of carbonyl (C=O) groups is 2. The van der Waals surface area contributed by atoms with Crippen molar-refractivity contribution in [1.82, 2.24) is 0 Å². The van der Waals surface area contributed by atoms with Crippen LogP contribution in [0, 0.1) is 0 Å². The Labute approximate surface area is 113 Å². The van der Waals surface area contributed by atoms with Crippen molar-refractivity contribution < 1.29 is 27.5 Å². The molecule has 1 rings (SSSR count). The van der Waals surface area contributed by atoms with Crippen molar-refractivity contribution in [3.8, 4) is 0 Å². The van der Waals surface area contributed by atoms with Crippen molar-refractivity contribution in [3.05, 3.63) is 41.5 Å². The molecule has 0 radical (unpaired) electrons. The topological polar surface area (TPSA) is 69.4 Å². The highest BCUT2D eigenvalue weighted by Crippen LogP contribution is 2.29. The lowest BCUT2D eigenvalue weighted by molar-refractivity contribution is -0.148. The van der Waals surface area contributed by atoms with Crippen molar-refractivity contribution in [1.29, 1.82) is 0 Å². The Morgan fingerprint density at radius 1 is 1.25 bits per heavy atom. The number of nitrogens with two attached hydrogens (primary N) is 1. The van der Waals surface area contributed by atoms with Crippen molar-refractivity contribution >= 4 is 18.0 Å². The number of benzene rings is 1. The molecule has 0 aliphatic rings. The standard InChI is InChI=1S/C13H12F3NO3/c1-8(12(17)19)20-11(18)7-4-9-2-5-10(6-3-9)13(14,15)16/h2-8H,1H3,(H2,17,19)/b7-4+/t8-/m0/s1. The molecule has 0 unspecified atom stereocenters. The fourth-order valence-electron chi connectivity index (χ4n) is 1.22. The molecule has 0 heterocycles. The average Bonchev–Trinajstić information content (AvgIpc) is 2.35. The van der Waals surface area contributed by atoms with Crippen LogP contribution in [0.5, 0.6) is 0 Å². The molecular weight excluding hydrogens is 275 g/mol. The van der Waals surface area contributed by atoms with Gasteiger partial charge >= 0.3 is 12.1 Å². The molecule has 1 atom stereocenters. The van der Waals surface area contributed by atoms with Gasteiger partial charge in [0, 0.05) is 6.08 Å². The summed E-state index contributed by atoms with van der Waals surface area (Å²) in [7, 11) is 0. The van der Waals surface area contributed by atoms with Gasteiger partial charge in [-0.3, -0.25) is 4.79 Å². The fourth-order valence-corrected chi connectivity index (χ4v) is 1.22. The van der Waals surface area contributed by atoms with Crippen LogP contribution >= 0.6 is 0 Å². The quantitative estimate of drug-likeness (QED) is 0.681. The van der Waals surface area contributed by atoms with E-state index in [0.29, 0.717) is 5.56 Å². The molecule has 0 aromatic heterocycles. The number of rotatable bonds is 4. The first-order chi connectivity index (χ1) is 9.20. The molecule has 0 fully saturated rings. The molecule has 0 bridgehead atoms. The Morgan fingerprint density at radius 2 is 1.80 bits per heavy atom. The lowest BCUT2D eigenvalue weighted by Crippen LogP contribution is -2.29. The number of carbonyl (C=O) groups excluding carboxylic acids is 2. The van der Waals surface area contributed by atoms with Gasteiger partial charge in [-0.05, 0) is 30.7 Å². The minimum absolute atomic E-state index is 0.390. The number of hydrogen-bond acceptors (Lipinski definition) is 3. The van der Waals surface area contributed by atoms with Crippen LogP contribution in [-0.4, -0.2) is 18.0 Å². The van der Waals surface area contributed by atoms with E-state index in [-0.39, 0.29) is 0 Å². The van der Waals surface area contributed by atoms with E-state index in [4.69, 9.17) is 5.73 Å². The molecule has 0 aliphatic carbocycles. The summed E-state index contributed by atoms with van der Waals surface area (Å²) in [6.45, 7) is 1.31. The van der Waals surface area contributed by atoms with E-state index in [9.17, 15) is 22.8 Å². The van der Waals surface area contributed by atoms with Gasteiger partial charge in [0.25, 0.3) is 5.91 Å². The van der Waals surface area contributed by atoms with Gasteiger partial charge in [0.05, 0.1) is 5.56 Å². The molecule has 1 aromatic carbocycles. The van der Waals surface area contributed by atoms with Crippen LogP contribution in [0.4, 0.5) is 13.2 Å². The fraction of sp³-hybridized carbons (Fsp3) is 0.231. The van der Waals surface area contributed by atoms with Crippen LogP contribution in [-0.2, 0) is 20.5 Å². The zero-order valence-corrected chi connectivity index (χ0v) is 10.5. The maximum Gasteiger partial charge on any atom is 0.416 e. The lowest BCUT2D eigenvalue weighted by atomic mass is 10.1. The largest absolute Gasteiger partial charge is 0.449 e. The number of ether oxygens (including phenoxy) is 1. The predicted molar refractivity (Wildman–Crippen MR) is 65.2 cm³/mol. The second-order valence-corrected chi connectivity index (χ2v) is 3.93. The van der Waals surface area contributed by atoms with Gasteiger partial charge < -0.3 is 10.5 Å². The molecule has 1 aromatic rings. The Kier molecular flexibility index (Phi) is 4.90. The first kappa shape index (κ1) is 15.7. The second-order valence-electron chi connectivity index (χ2n) is 3.93. The van der Waals surface area contributed by atoms with Crippen molar-refractivity contribution in [3.63, 3.8) is 0 Å². The monoisotopic (exact) mass is 287 g/mol. The third kappa shape index (κ3) is 4.75. The van der Waals surface area contributed by atoms with E-state index >= 15 is 0 Å². The average molecular weight is 287 g/mol. The van der Waals surface area contributed by atoms with Crippen LogP contribution in [0.1, 0.15) is 18.1 Å². The number of esters is 1. The molecule has 7 heteroatoms. The maximum atomic E-state index is 12.3. The third-order valence-electron chi connectivity index (χ3n) is 2.34. The normalized spacial score (nSPS) is 13.2. The number of amides is 1. The highest BCUT2D eigenvalue weighted by atomic mass is 19.4. The van der Waals surface area contributed by atoms with Crippen LogP contribution in [0.25, 0.3) is 6.08 Å². The van der Waals surface area contributed by atoms with Crippen LogP contribution in [0.2, 0.25) is 0 Å². The van der Waals surface area contributed by atoms with Gasteiger partial charge in [-0.15, -0.1) is 0 Å². The van der Waals surface area contributed by atoms with E-state index in [0.717, 1.165) is 18.2 Å². The summed E-state index contributed by atoms with van der Waals surface area (Å²) in [6, 6.07) is 4.22. The summed E-state index contributed by atoms with van der Waals surface area (Å²) >= 11 is 0. The summed E-state index contributed by atoms with van der Waals surface area (Å²) in [5.41, 5.74) is 4.51. The number of primary amides is 1. The first-order valence-electron chi connectivity index (χ1n) is 5.55. The molecule has 0 saturated heterocycles. The summed E-state index contributed by atoms with van der Waals surface area (Å²) in [5, 5.41) is 0. The van der Waals surface area contributed by atoms with Gasteiger partial charge in [0.15, 0.2) is 6.10 Å². The highest BCUT2D eigenvalue weighted by Gasteiger charge is 2.29. The van der Waals surface area contributed by atoms with Gasteiger partial charge in [0.2, 0.25) is 0 Å². The summed E-state index contributed by atoms with van der Waals surface area (Å²) < 4.78 is 41.6. The molecule has 20 heavy (non-hydrogen) atoms. The Balaban J connectivity index is 2.67. The molecule has 2 N–H and O–H groups in total. The summed E-state index contributed by atoms with van der Waals surface area (Å²) in [5.74, 6) is -1.60. The van der Waals surface area contributed by atoms with E-state index in [1.165, 1.54) is 25.1 Å². The summed E-state index contributed by atoms with van der Waals surface area (Å²) in [6.07, 6.45) is -3.20. The summed E-state index contributed by atoms with van der Waals surface area (Å²) in [4.78, 5) is 21.9. The molecule has 1 amide bonds. The zero-order chi connectivity index (χ0) is 15.3.